The summed E-state index contributed by atoms with van der Waals surface area (Å²) in [6, 6.07) is 5.18. The summed E-state index contributed by atoms with van der Waals surface area (Å²) in [6.45, 7) is 0. The van der Waals surface area contributed by atoms with Gasteiger partial charge in [0.05, 0.1) is 16.9 Å². The van der Waals surface area contributed by atoms with Crippen LogP contribution in [-0.4, -0.2) is 32.8 Å². The lowest BCUT2D eigenvalue weighted by Crippen LogP contribution is -2.54. The Labute approximate surface area is 164 Å². The number of anilines is 1. The van der Waals surface area contributed by atoms with Crippen molar-refractivity contribution < 1.29 is 9.90 Å². The number of rotatable bonds is 5. The van der Waals surface area contributed by atoms with Crippen molar-refractivity contribution >= 4 is 23.6 Å². The lowest BCUT2D eigenvalue weighted by Gasteiger charge is -2.57. The van der Waals surface area contributed by atoms with E-state index in [4.69, 9.17) is 0 Å². The number of nitrogens with one attached hydrogen (secondary N) is 1. The molecule has 1 aromatic heterocycles. The molecule has 0 radical (unpaired) electrons. The molecule has 28 heavy (non-hydrogen) atoms. The Balaban J connectivity index is 1.47. The number of carboxylic acids is 1. The number of nitrogens with zero attached hydrogens (tertiary/aromatic N) is 3. The van der Waals surface area contributed by atoms with Gasteiger partial charge in [0.25, 0.3) is 0 Å². The minimum absolute atomic E-state index is 0.139. The first kappa shape index (κ1) is 17.3. The van der Waals surface area contributed by atoms with Crippen LogP contribution in [0.4, 0.5) is 11.4 Å². The molecule has 2 aromatic rings. The monoisotopic (exact) mass is 376 g/mol. The number of carbonyl (C=O) groups is 1. The first-order valence-electron chi connectivity index (χ1n) is 10.0. The summed E-state index contributed by atoms with van der Waals surface area (Å²) >= 11 is 0. The summed E-state index contributed by atoms with van der Waals surface area (Å²) in [5, 5.41) is 13.2. The van der Waals surface area contributed by atoms with Gasteiger partial charge in [0.2, 0.25) is 0 Å². The van der Waals surface area contributed by atoms with Crippen LogP contribution in [0.1, 0.15) is 54.4 Å². The van der Waals surface area contributed by atoms with Crippen LogP contribution < -0.4 is 5.32 Å². The standard InChI is InChI=1S/C22H24N4O2/c27-21(28)18-1-2-19(20(6-18)25-12-17-10-23-13-24-11-17)26-22-7-14-3-15(8-22)5-16(4-14)9-22/h1-2,6,10-16,26H,3-5,7-9H2,(H,27,28)/b25-12+. The van der Waals surface area contributed by atoms with Crippen LogP contribution in [0.25, 0.3) is 0 Å². The zero-order chi connectivity index (χ0) is 19.1. The third-order valence-corrected chi connectivity index (χ3v) is 6.62. The van der Waals surface area contributed by atoms with Gasteiger partial charge in [-0.1, -0.05) is 0 Å². The maximum atomic E-state index is 11.5. The van der Waals surface area contributed by atoms with Crippen molar-refractivity contribution in [2.24, 2.45) is 22.7 Å². The van der Waals surface area contributed by atoms with E-state index in [-0.39, 0.29) is 11.1 Å². The number of aromatic carboxylic acids is 1. The highest BCUT2D eigenvalue weighted by Crippen LogP contribution is 2.57. The van der Waals surface area contributed by atoms with Gasteiger partial charge in [-0.25, -0.2) is 14.8 Å². The molecule has 4 fully saturated rings. The zero-order valence-electron chi connectivity index (χ0n) is 15.7. The number of hydrogen-bond donors (Lipinski definition) is 2. The summed E-state index contributed by atoms with van der Waals surface area (Å²) in [5.74, 6) is 1.57. The van der Waals surface area contributed by atoms with Crippen molar-refractivity contribution in [3.8, 4) is 0 Å². The minimum Gasteiger partial charge on any atom is -0.478 e. The molecule has 0 aliphatic heterocycles. The molecule has 6 heteroatoms. The average molecular weight is 376 g/mol. The number of carboxylic acid groups (broad SMARTS) is 1. The molecule has 4 saturated carbocycles. The van der Waals surface area contributed by atoms with E-state index in [1.54, 1.807) is 30.7 Å². The summed E-state index contributed by atoms with van der Waals surface area (Å²) < 4.78 is 0. The molecule has 144 valence electrons. The first-order valence-corrected chi connectivity index (χ1v) is 10.0. The van der Waals surface area contributed by atoms with E-state index in [0.29, 0.717) is 5.69 Å². The van der Waals surface area contributed by atoms with E-state index in [0.717, 1.165) is 29.0 Å². The largest absolute Gasteiger partial charge is 0.478 e. The van der Waals surface area contributed by atoms with E-state index in [1.165, 1.54) is 44.9 Å². The van der Waals surface area contributed by atoms with Crippen molar-refractivity contribution in [3.63, 3.8) is 0 Å². The molecule has 4 aliphatic rings. The third kappa shape index (κ3) is 3.28. The van der Waals surface area contributed by atoms with E-state index < -0.39 is 5.97 Å². The normalized spacial score (nSPS) is 30.6. The van der Waals surface area contributed by atoms with Crippen molar-refractivity contribution in [3.05, 3.63) is 48.0 Å². The molecule has 0 amide bonds. The lowest BCUT2D eigenvalue weighted by molar-refractivity contribution is 0.0107. The quantitative estimate of drug-likeness (QED) is 0.760. The molecule has 0 atom stereocenters. The highest BCUT2D eigenvalue weighted by Gasteiger charge is 2.51. The van der Waals surface area contributed by atoms with Crippen LogP contribution in [0.2, 0.25) is 0 Å². The summed E-state index contributed by atoms with van der Waals surface area (Å²) in [6.07, 6.45) is 14.3. The molecule has 2 N–H and O–H groups in total. The van der Waals surface area contributed by atoms with E-state index in [2.05, 4.69) is 20.3 Å². The molecule has 4 bridgehead atoms. The lowest BCUT2D eigenvalue weighted by atomic mass is 9.53. The molecule has 4 aliphatic carbocycles. The number of benzene rings is 1. The Bertz CT molecular complexity index is 890. The van der Waals surface area contributed by atoms with Gasteiger partial charge in [0, 0.05) is 29.7 Å². The zero-order valence-corrected chi connectivity index (χ0v) is 15.7. The number of hydrogen-bond acceptors (Lipinski definition) is 5. The summed E-state index contributed by atoms with van der Waals surface area (Å²) in [5.41, 5.74) is 2.73. The third-order valence-electron chi connectivity index (χ3n) is 6.62. The predicted molar refractivity (Wildman–Crippen MR) is 107 cm³/mol. The Morgan fingerprint density at radius 1 is 1.11 bits per heavy atom. The topological polar surface area (TPSA) is 87.5 Å². The summed E-state index contributed by atoms with van der Waals surface area (Å²) in [4.78, 5) is 24.0. The molecule has 1 aromatic carbocycles. The number of aromatic nitrogens is 2. The van der Waals surface area contributed by atoms with Crippen molar-refractivity contribution in [2.75, 3.05) is 5.32 Å². The smallest absolute Gasteiger partial charge is 0.335 e. The van der Waals surface area contributed by atoms with Crippen LogP contribution in [0.15, 0.2) is 41.9 Å². The van der Waals surface area contributed by atoms with Crippen LogP contribution in [0, 0.1) is 17.8 Å². The van der Waals surface area contributed by atoms with Gasteiger partial charge in [0.1, 0.15) is 6.33 Å². The minimum atomic E-state index is -0.944. The van der Waals surface area contributed by atoms with Crippen LogP contribution in [-0.2, 0) is 0 Å². The fourth-order valence-electron chi connectivity index (χ4n) is 5.95. The highest BCUT2D eigenvalue weighted by atomic mass is 16.4. The van der Waals surface area contributed by atoms with Gasteiger partial charge in [0.15, 0.2) is 0 Å². The van der Waals surface area contributed by atoms with Crippen LogP contribution >= 0.6 is 0 Å². The Morgan fingerprint density at radius 3 is 2.36 bits per heavy atom. The maximum absolute atomic E-state index is 11.5. The van der Waals surface area contributed by atoms with Crippen molar-refractivity contribution in [1.82, 2.24) is 9.97 Å². The second-order valence-electron chi connectivity index (χ2n) is 8.79. The fourth-order valence-corrected chi connectivity index (χ4v) is 5.95. The molecule has 0 spiro atoms. The van der Waals surface area contributed by atoms with Gasteiger partial charge in [-0.15, -0.1) is 0 Å². The molecule has 0 unspecified atom stereocenters. The molecule has 6 nitrogen and oxygen atoms in total. The SMILES string of the molecule is O=C(O)c1ccc(NC23CC4CC(CC(C4)C2)C3)c(/N=C/c2cncnc2)c1. The Hall–Kier alpha value is -2.76. The molecular formula is C22H24N4O2. The van der Waals surface area contributed by atoms with Gasteiger partial charge in [-0.2, -0.15) is 0 Å². The Morgan fingerprint density at radius 2 is 1.75 bits per heavy atom. The van der Waals surface area contributed by atoms with E-state index in [1.807, 2.05) is 6.07 Å². The van der Waals surface area contributed by atoms with Crippen LogP contribution in [0.3, 0.4) is 0 Å². The van der Waals surface area contributed by atoms with E-state index in [9.17, 15) is 9.90 Å². The fraction of sp³-hybridized carbons (Fsp3) is 0.455. The predicted octanol–water partition coefficient (Wildman–Crippen LogP) is 4.31. The van der Waals surface area contributed by atoms with Gasteiger partial charge in [-0.3, -0.25) is 4.99 Å². The van der Waals surface area contributed by atoms with E-state index >= 15 is 0 Å². The maximum Gasteiger partial charge on any atom is 0.335 e. The molecule has 1 heterocycles. The van der Waals surface area contributed by atoms with Gasteiger partial charge in [-0.05, 0) is 74.5 Å². The van der Waals surface area contributed by atoms with Gasteiger partial charge < -0.3 is 10.4 Å². The van der Waals surface area contributed by atoms with Gasteiger partial charge >= 0.3 is 5.97 Å². The van der Waals surface area contributed by atoms with Crippen molar-refractivity contribution in [1.29, 1.82) is 0 Å². The van der Waals surface area contributed by atoms with Crippen LogP contribution in [0.5, 0.6) is 0 Å². The average Bonchev–Trinajstić information content (AvgIpc) is 2.66. The molecular weight excluding hydrogens is 352 g/mol. The first-order chi connectivity index (χ1) is 13.6. The molecule has 0 saturated heterocycles. The Kier molecular flexibility index (Phi) is 4.14. The molecule has 6 rings (SSSR count). The van der Waals surface area contributed by atoms with Crippen molar-refractivity contribution in [2.45, 2.75) is 44.1 Å². The summed E-state index contributed by atoms with van der Waals surface area (Å²) in [7, 11) is 0. The number of aliphatic imine (C=N–C) groups is 1. The highest BCUT2D eigenvalue weighted by molar-refractivity contribution is 5.91. The second-order valence-corrected chi connectivity index (χ2v) is 8.79. The second kappa shape index (κ2) is 6.69.